The van der Waals surface area contributed by atoms with Gasteiger partial charge < -0.3 is 0 Å². The van der Waals surface area contributed by atoms with Crippen LogP contribution in [0.15, 0.2) is 0 Å². The van der Waals surface area contributed by atoms with E-state index in [4.69, 9.17) is 5.84 Å². The van der Waals surface area contributed by atoms with Gasteiger partial charge in [0.05, 0.1) is 16.6 Å². The molecular formula is C14H26N4S. The lowest BCUT2D eigenvalue weighted by molar-refractivity contribution is 0.177. The summed E-state index contributed by atoms with van der Waals surface area (Å²) in [4.78, 5) is 1.25. The summed E-state index contributed by atoms with van der Waals surface area (Å²) >= 11 is 1.51. The summed E-state index contributed by atoms with van der Waals surface area (Å²) in [6, 6.07) is 0.225. The van der Waals surface area contributed by atoms with Crippen molar-refractivity contribution in [2.45, 2.75) is 64.8 Å². The van der Waals surface area contributed by atoms with Crippen LogP contribution in [0.1, 0.15) is 75.4 Å². The Balaban J connectivity index is 2.25. The van der Waals surface area contributed by atoms with Crippen LogP contribution in [0.4, 0.5) is 0 Å². The Morgan fingerprint density at radius 3 is 2.74 bits per heavy atom. The third-order valence-electron chi connectivity index (χ3n) is 4.47. The molecule has 1 fully saturated rings. The molecule has 0 saturated heterocycles. The fourth-order valence-corrected chi connectivity index (χ4v) is 4.34. The number of hydrogen-bond donors (Lipinski definition) is 2. The predicted molar refractivity (Wildman–Crippen MR) is 79.8 cm³/mol. The Bertz CT molecular complexity index is 391. The average molecular weight is 282 g/mol. The predicted octanol–water partition coefficient (Wildman–Crippen LogP) is 3.38. The van der Waals surface area contributed by atoms with Crippen LogP contribution in [0.5, 0.6) is 0 Å². The van der Waals surface area contributed by atoms with Crippen molar-refractivity contribution in [3.63, 3.8) is 0 Å². The largest absolute Gasteiger partial charge is 0.271 e. The Morgan fingerprint density at radius 1 is 1.37 bits per heavy atom. The molecule has 0 bridgehead atoms. The first kappa shape index (κ1) is 14.9. The summed E-state index contributed by atoms with van der Waals surface area (Å²) in [6.45, 7) is 6.64. The maximum atomic E-state index is 5.88. The molecule has 1 aromatic rings. The first-order valence-corrected chi connectivity index (χ1v) is 8.24. The molecule has 3 atom stereocenters. The Morgan fingerprint density at radius 2 is 2.11 bits per heavy atom. The molecule has 108 valence electrons. The zero-order chi connectivity index (χ0) is 13.8. The number of aromatic nitrogens is 2. The number of nitrogens with two attached hydrogens (primary N) is 1. The molecule has 2 rings (SSSR count). The molecule has 1 aromatic heterocycles. The van der Waals surface area contributed by atoms with Gasteiger partial charge in [-0.25, -0.2) is 0 Å². The SMILES string of the molecule is CCC1CCCCC1C(NN)c1snnc1C(C)C. The molecule has 1 heterocycles. The van der Waals surface area contributed by atoms with Gasteiger partial charge in [-0.1, -0.05) is 50.9 Å². The van der Waals surface area contributed by atoms with Gasteiger partial charge in [0.25, 0.3) is 0 Å². The second-order valence-corrected chi connectivity index (χ2v) is 6.72. The Kier molecular flexibility index (Phi) is 5.30. The van der Waals surface area contributed by atoms with Gasteiger partial charge in [0, 0.05) is 0 Å². The fourth-order valence-electron chi connectivity index (χ4n) is 3.40. The topological polar surface area (TPSA) is 63.8 Å². The lowest BCUT2D eigenvalue weighted by atomic mass is 9.73. The normalized spacial score (nSPS) is 25.7. The van der Waals surface area contributed by atoms with Gasteiger partial charge in [0.1, 0.15) is 0 Å². The van der Waals surface area contributed by atoms with Gasteiger partial charge in [-0.05, 0) is 35.7 Å². The van der Waals surface area contributed by atoms with E-state index in [1.54, 1.807) is 0 Å². The van der Waals surface area contributed by atoms with Gasteiger partial charge >= 0.3 is 0 Å². The van der Waals surface area contributed by atoms with Crippen LogP contribution in [-0.4, -0.2) is 9.59 Å². The molecule has 0 radical (unpaired) electrons. The smallest absolute Gasteiger partial charge is 0.0829 e. The minimum Gasteiger partial charge on any atom is -0.271 e. The molecule has 1 aliphatic carbocycles. The summed E-state index contributed by atoms with van der Waals surface area (Å²) in [5.74, 6) is 7.70. The molecule has 4 nitrogen and oxygen atoms in total. The van der Waals surface area contributed by atoms with Crippen LogP contribution < -0.4 is 11.3 Å². The van der Waals surface area contributed by atoms with Crippen molar-refractivity contribution >= 4 is 11.5 Å². The van der Waals surface area contributed by atoms with Crippen molar-refractivity contribution in [1.82, 2.24) is 15.0 Å². The van der Waals surface area contributed by atoms with Gasteiger partial charge in [0.15, 0.2) is 0 Å². The highest BCUT2D eigenvalue weighted by Gasteiger charge is 2.34. The van der Waals surface area contributed by atoms with E-state index in [0.29, 0.717) is 11.8 Å². The third kappa shape index (κ3) is 3.15. The minimum absolute atomic E-state index is 0.225. The van der Waals surface area contributed by atoms with Crippen LogP contribution in [-0.2, 0) is 0 Å². The van der Waals surface area contributed by atoms with Crippen LogP contribution in [0.2, 0.25) is 0 Å². The highest BCUT2D eigenvalue weighted by Crippen LogP contribution is 2.42. The lowest BCUT2D eigenvalue weighted by Crippen LogP contribution is -2.38. The van der Waals surface area contributed by atoms with Crippen molar-refractivity contribution < 1.29 is 0 Å². The molecule has 1 saturated carbocycles. The van der Waals surface area contributed by atoms with E-state index in [1.165, 1.54) is 48.5 Å². The molecule has 3 unspecified atom stereocenters. The quantitative estimate of drug-likeness (QED) is 0.642. The summed E-state index contributed by atoms with van der Waals surface area (Å²) in [6.07, 6.45) is 6.53. The van der Waals surface area contributed by atoms with Crippen LogP contribution >= 0.6 is 11.5 Å². The lowest BCUT2D eigenvalue weighted by Gasteiger charge is -2.36. The molecule has 3 N–H and O–H groups in total. The number of nitrogens with zero attached hydrogens (tertiary/aromatic N) is 2. The van der Waals surface area contributed by atoms with E-state index in [2.05, 4.69) is 35.8 Å². The fraction of sp³-hybridized carbons (Fsp3) is 0.857. The van der Waals surface area contributed by atoms with E-state index in [1.807, 2.05) is 0 Å². The zero-order valence-electron chi connectivity index (χ0n) is 12.2. The van der Waals surface area contributed by atoms with Crippen molar-refractivity contribution in [2.24, 2.45) is 17.7 Å². The van der Waals surface area contributed by atoms with Crippen LogP contribution in [0.3, 0.4) is 0 Å². The highest BCUT2D eigenvalue weighted by atomic mass is 32.1. The second-order valence-electron chi connectivity index (χ2n) is 5.94. The minimum atomic E-state index is 0.225. The Labute approximate surface area is 120 Å². The molecule has 0 amide bonds. The number of nitrogens with one attached hydrogen (secondary N) is 1. The van der Waals surface area contributed by atoms with Gasteiger partial charge in [-0.3, -0.25) is 11.3 Å². The maximum Gasteiger partial charge on any atom is 0.0829 e. The Hall–Kier alpha value is -0.520. The van der Waals surface area contributed by atoms with E-state index >= 15 is 0 Å². The van der Waals surface area contributed by atoms with Gasteiger partial charge in [-0.15, -0.1) is 5.10 Å². The molecule has 1 aliphatic rings. The second kappa shape index (κ2) is 6.77. The van der Waals surface area contributed by atoms with Crippen molar-refractivity contribution in [3.8, 4) is 0 Å². The first-order chi connectivity index (χ1) is 9.19. The number of hydrazine groups is 1. The van der Waals surface area contributed by atoms with Gasteiger partial charge in [0.2, 0.25) is 0 Å². The van der Waals surface area contributed by atoms with Crippen molar-refractivity contribution in [2.75, 3.05) is 0 Å². The highest BCUT2D eigenvalue weighted by molar-refractivity contribution is 7.05. The van der Waals surface area contributed by atoms with E-state index in [0.717, 1.165) is 11.6 Å². The van der Waals surface area contributed by atoms with Crippen molar-refractivity contribution in [3.05, 3.63) is 10.6 Å². The molecule has 19 heavy (non-hydrogen) atoms. The van der Waals surface area contributed by atoms with Gasteiger partial charge in [-0.2, -0.15) is 0 Å². The standard InChI is InChI=1S/C14H26N4S/c1-4-10-7-5-6-8-11(10)13(16-15)14-12(9(2)3)17-18-19-14/h9-11,13,16H,4-8,15H2,1-3H3. The zero-order valence-corrected chi connectivity index (χ0v) is 13.0. The first-order valence-electron chi connectivity index (χ1n) is 7.47. The van der Waals surface area contributed by atoms with E-state index in [9.17, 15) is 0 Å². The average Bonchev–Trinajstić information content (AvgIpc) is 2.89. The molecule has 0 spiro atoms. The summed E-state index contributed by atoms with van der Waals surface area (Å²) < 4.78 is 4.15. The van der Waals surface area contributed by atoms with Crippen molar-refractivity contribution in [1.29, 1.82) is 0 Å². The van der Waals surface area contributed by atoms with Crippen LogP contribution in [0.25, 0.3) is 0 Å². The monoisotopic (exact) mass is 282 g/mol. The summed E-state index contributed by atoms with van der Waals surface area (Å²) in [5, 5.41) is 4.30. The molecule has 5 heteroatoms. The third-order valence-corrected chi connectivity index (χ3v) is 5.29. The summed E-state index contributed by atoms with van der Waals surface area (Å²) in [5.41, 5.74) is 4.18. The number of rotatable bonds is 5. The van der Waals surface area contributed by atoms with Crippen LogP contribution in [0, 0.1) is 11.8 Å². The molecule has 0 aliphatic heterocycles. The van der Waals surface area contributed by atoms with E-state index < -0.39 is 0 Å². The number of hydrogen-bond acceptors (Lipinski definition) is 5. The van der Waals surface area contributed by atoms with E-state index in [-0.39, 0.29) is 6.04 Å². The molecule has 0 aromatic carbocycles. The molecular weight excluding hydrogens is 256 g/mol. The summed E-state index contributed by atoms with van der Waals surface area (Å²) in [7, 11) is 0. The maximum absolute atomic E-state index is 5.88.